The van der Waals surface area contributed by atoms with Crippen molar-refractivity contribution in [3.8, 4) is 0 Å². The van der Waals surface area contributed by atoms with Crippen LogP contribution >= 0.6 is 7.82 Å². The van der Waals surface area contributed by atoms with Crippen LogP contribution in [0, 0.1) is 0 Å². The summed E-state index contributed by atoms with van der Waals surface area (Å²) < 4.78 is 19.5. The summed E-state index contributed by atoms with van der Waals surface area (Å²) in [6.07, 6.45) is 0.989. The molecule has 1 aliphatic heterocycles. The molecule has 78 valence electrons. The molecule has 1 unspecified atom stereocenters. The third-order valence-electron chi connectivity index (χ3n) is 1.72. The number of carbonyl (C=O) groups is 1. The first-order valence-electron chi connectivity index (χ1n) is 4.08. The lowest BCUT2D eigenvalue weighted by Gasteiger charge is -2.26. The SMILES string of the molecule is O=C1C=C(c2ccccc2)OP(=O)([O-])O1. The minimum absolute atomic E-state index is 0.0230. The summed E-state index contributed by atoms with van der Waals surface area (Å²) in [5.74, 6) is -0.969. The fourth-order valence-corrected chi connectivity index (χ4v) is 1.86. The van der Waals surface area contributed by atoms with Crippen LogP contribution in [0.3, 0.4) is 0 Å². The normalized spacial score (nSPS) is 25.1. The largest absolute Gasteiger partial charge is 0.736 e. The summed E-state index contributed by atoms with van der Waals surface area (Å²) in [4.78, 5) is 21.9. The summed E-state index contributed by atoms with van der Waals surface area (Å²) in [6, 6.07) is 8.43. The maximum absolute atomic E-state index is 11.0. The molecule has 0 radical (unpaired) electrons. The summed E-state index contributed by atoms with van der Waals surface area (Å²) in [6.45, 7) is 0. The van der Waals surface area contributed by atoms with Gasteiger partial charge in [-0.25, -0.2) is 9.36 Å². The van der Waals surface area contributed by atoms with E-state index in [-0.39, 0.29) is 5.76 Å². The molecule has 1 heterocycles. The minimum Gasteiger partial charge on any atom is -0.736 e. The van der Waals surface area contributed by atoms with Gasteiger partial charge in [-0.15, -0.1) is 0 Å². The molecule has 1 aromatic rings. The van der Waals surface area contributed by atoms with Crippen LogP contribution in [-0.2, 0) is 18.4 Å². The standard InChI is InChI=1S/C9H7O5P/c10-9-6-8(13-15(11,12)14-9)7-4-2-1-3-5-7/h1-6H,(H,11,12)/p-1. The van der Waals surface area contributed by atoms with Crippen LogP contribution in [0.15, 0.2) is 36.4 Å². The lowest BCUT2D eigenvalue weighted by Crippen LogP contribution is -2.16. The molecular formula is C9H6O5P-. The van der Waals surface area contributed by atoms with E-state index in [4.69, 9.17) is 0 Å². The summed E-state index contributed by atoms with van der Waals surface area (Å²) >= 11 is 0. The first-order chi connectivity index (χ1) is 7.07. The zero-order valence-electron chi connectivity index (χ0n) is 7.45. The van der Waals surface area contributed by atoms with Crippen LogP contribution in [-0.4, -0.2) is 5.97 Å². The van der Waals surface area contributed by atoms with Gasteiger partial charge >= 0.3 is 13.8 Å². The Bertz CT molecular complexity index is 465. The number of carbonyl (C=O) groups excluding carboxylic acids is 1. The summed E-state index contributed by atoms with van der Waals surface area (Å²) in [7, 11) is -4.53. The van der Waals surface area contributed by atoms with Gasteiger partial charge in [0.2, 0.25) is 0 Å². The van der Waals surface area contributed by atoms with E-state index in [0.29, 0.717) is 5.56 Å². The summed E-state index contributed by atoms with van der Waals surface area (Å²) in [5.41, 5.74) is 0.505. The number of benzene rings is 1. The molecule has 0 fully saturated rings. The van der Waals surface area contributed by atoms with Gasteiger partial charge in [-0.1, -0.05) is 30.3 Å². The van der Waals surface area contributed by atoms with Crippen LogP contribution in [0.1, 0.15) is 5.56 Å². The Morgan fingerprint density at radius 1 is 1.13 bits per heavy atom. The molecule has 6 heteroatoms. The Morgan fingerprint density at radius 2 is 1.80 bits per heavy atom. The molecule has 1 atom stereocenters. The van der Waals surface area contributed by atoms with Crippen LogP contribution in [0.2, 0.25) is 0 Å². The van der Waals surface area contributed by atoms with Gasteiger partial charge in [0.15, 0.2) is 0 Å². The van der Waals surface area contributed by atoms with Crippen molar-refractivity contribution in [1.82, 2.24) is 0 Å². The van der Waals surface area contributed by atoms with Gasteiger partial charge in [0.05, 0.1) is 6.08 Å². The highest BCUT2D eigenvalue weighted by molar-refractivity contribution is 7.47. The second kappa shape index (κ2) is 3.53. The molecule has 1 aromatic carbocycles. The van der Waals surface area contributed by atoms with Crippen molar-refractivity contribution in [2.45, 2.75) is 0 Å². The molecule has 0 saturated heterocycles. The average Bonchev–Trinajstić information content (AvgIpc) is 2.16. The van der Waals surface area contributed by atoms with Gasteiger partial charge in [0.25, 0.3) is 0 Å². The molecule has 0 spiro atoms. The molecule has 0 bridgehead atoms. The number of phosphoric acid groups is 1. The van der Waals surface area contributed by atoms with E-state index in [9.17, 15) is 14.3 Å². The van der Waals surface area contributed by atoms with Gasteiger partial charge in [-0.2, -0.15) is 0 Å². The maximum Gasteiger partial charge on any atom is 0.374 e. The Labute approximate surface area is 85.6 Å². The predicted molar refractivity (Wildman–Crippen MR) is 49.2 cm³/mol. The fourth-order valence-electron chi connectivity index (χ4n) is 1.15. The average molecular weight is 225 g/mol. The van der Waals surface area contributed by atoms with Crippen molar-refractivity contribution in [2.24, 2.45) is 0 Å². The van der Waals surface area contributed by atoms with E-state index in [2.05, 4.69) is 9.05 Å². The highest BCUT2D eigenvalue weighted by atomic mass is 31.2. The third-order valence-corrected chi connectivity index (χ3v) is 2.54. The number of rotatable bonds is 1. The van der Waals surface area contributed by atoms with E-state index >= 15 is 0 Å². The van der Waals surface area contributed by atoms with Crippen molar-refractivity contribution in [3.63, 3.8) is 0 Å². The molecule has 0 N–H and O–H groups in total. The van der Waals surface area contributed by atoms with Crippen molar-refractivity contribution >= 4 is 19.6 Å². The first kappa shape index (κ1) is 9.96. The molecule has 1 aliphatic rings. The Morgan fingerprint density at radius 3 is 2.40 bits per heavy atom. The third kappa shape index (κ3) is 2.26. The van der Waals surface area contributed by atoms with Gasteiger partial charge in [0, 0.05) is 5.56 Å². The summed E-state index contributed by atoms with van der Waals surface area (Å²) in [5, 5.41) is 0. The van der Waals surface area contributed by atoms with Gasteiger partial charge < -0.3 is 13.9 Å². The quantitative estimate of drug-likeness (QED) is 0.668. The van der Waals surface area contributed by atoms with Gasteiger partial charge in [-0.3, -0.25) is 0 Å². The van der Waals surface area contributed by atoms with E-state index in [1.54, 1.807) is 30.3 Å². The van der Waals surface area contributed by atoms with E-state index < -0.39 is 13.8 Å². The van der Waals surface area contributed by atoms with E-state index in [1.807, 2.05) is 0 Å². The monoisotopic (exact) mass is 225 g/mol. The van der Waals surface area contributed by atoms with Crippen molar-refractivity contribution in [3.05, 3.63) is 42.0 Å². The molecule has 0 aromatic heterocycles. The number of phosphoric ester groups is 1. The minimum atomic E-state index is -4.53. The zero-order valence-corrected chi connectivity index (χ0v) is 8.35. The molecule has 2 rings (SSSR count). The number of hydrogen-bond donors (Lipinski definition) is 0. The van der Waals surface area contributed by atoms with Crippen molar-refractivity contribution in [2.75, 3.05) is 0 Å². The second-order valence-electron chi connectivity index (χ2n) is 2.82. The van der Waals surface area contributed by atoms with Crippen LogP contribution in [0.4, 0.5) is 0 Å². The molecule has 0 amide bonds. The lowest BCUT2D eigenvalue weighted by atomic mass is 10.2. The maximum atomic E-state index is 11.0. The first-order valence-corrected chi connectivity index (χ1v) is 5.54. The smallest absolute Gasteiger partial charge is 0.374 e. The van der Waals surface area contributed by atoms with Crippen LogP contribution < -0.4 is 4.89 Å². The zero-order chi connectivity index (χ0) is 10.9. The van der Waals surface area contributed by atoms with Gasteiger partial charge in [-0.05, 0) is 0 Å². The molecular weight excluding hydrogens is 219 g/mol. The van der Waals surface area contributed by atoms with Gasteiger partial charge in [0.1, 0.15) is 5.76 Å². The molecule has 0 saturated carbocycles. The Hall–Kier alpha value is -1.58. The van der Waals surface area contributed by atoms with Crippen LogP contribution in [0.25, 0.3) is 5.76 Å². The van der Waals surface area contributed by atoms with E-state index in [0.717, 1.165) is 6.08 Å². The topological polar surface area (TPSA) is 75.7 Å². The van der Waals surface area contributed by atoms with Crippen molar-refractivity contribution < 1.29 is 23.3 Å². The second-order valence-corrected chi connectivity index (χ2v) is 4.08. The van der Waals surface area contributed by atoms with E-state index in [1.165, 1.54) is 0 Å². The highest BCUT2D eigenvalue weighted by Crippen LogP contribution is 2.46. The molecule has 15 heavy (non-hydrogen) atoms. The predicted octanol–water partition coefficient (Wildman–Crippen LogP) is 1.07. The molecule has 5 nitrogen and oxygen atoms in total. The number of hydrogen-bond acceptors (Lipinski definition) is 5. The Balaban J connectivity index is 2.39. The fraction of sp³-hybridized carbons (Fsp3) is 0. The highest BCUT2D eigenvalue weighted by Gasteiger charge is 2.24. The lowest BCUT2D eigenvalue weighted by molar-refractivity contribution is -0.219. The van der Waals surface area contributed by atoms with Crippen molar-refractivity contribution in [1.29, 1.82) is 0 Å². The van der Waals surface area contributed by atoms with Crippen LogP contribution in [0.5, 0.6) is 0 Å². The Kier molecular flexibility index (Phi) is 2.34. The molecule has 0 aliphatic carbocycles.